The van der Waals surface area contributed by atoms with Crippen LogP contribution in [0.15, 0.2) is 12.5 Å². The highest BCUT2D eigenvalue weighted by Crippen LogP contribution is 2.40. The molecule has 2 bridgehead atoms. The van der Waals surface area contributed by atoms with Gasteiger partial charge in [0.05, 0.1) is 23.0 Å². The number of rotatable bonds is 2. The fourth-order valence-electron chi connectivity index (χ4n) is 3.43. The minimum atomic E-state index is -2.99. The van der Waals surface area contributed by atoms with Crippen LogP contribution >= 0.6 is 0 Å². The van der Waals surface area contributed by atoms with Crippen LogP contribution in [0.5, 0.6) is 0 Å². The van der Waals surface area contributed by atoms with Crippen molar-refractivity contribution in [2.75, 3.05) is 0 Å². The number of aromatic nitrogens is 2. The highest BCUT2D eigenvalue weighted by molar-refractivity contribution is 7.92. The molecule has 6 heteroatoms. The zero-order chi connectivity index (χ0) is 13.6. The molecule has 0 amide bonds. The molecule has 1 aromatic heterocycles. The number of fused-ring (bicyclic) bond motifs is 2. The lowest BCUT2D eigenvalue weighted by Crippen LogP contribution is -2.45. The van der Waals surface area contributed by atoms with Crippen LogP contribution in [0.25, 0.3) is 0 Å². The molecule has 3 heterocycles. The largest absolute Gasteiger partial charge is 0.331 e. The minimum absolute atomic E-state index is 0.0480. The van der Waals surface area contributed by atoms with Gasteiger partial charge in [-0.3, -0.25) is 4.79 Å². The smallest absolute Gasteiger partial charge is 0.183 e. The van der Waals surface area contributed by atoms with Gasteiger partial charge in [-0.15, -0.1) is 0 Å². The zero-order valence-corrected chi connectivity index (χ0v) is 11.8. The molecule has 0 saturated carbocycles. The first-order valence-electron chi connectivity index (χ1n) is 6.73. The summed E-state index contributed by atoms with van der Waals surface area (Å²) in [6, 6.07) is 0. The van der Waals surface area contributed by atoms with Crippen molar-refractivity contribution in [3.8, 4) is 0 Å². The van der Waals surface area contributed by atoms with Crippen molar-refractivity contribution in [1.29, 1.82) is 0 Å². The maximum absolute atomic E-state index is 12.5. The average Bonchev–Trinajstić information content (AvgIpc) is 2.73. The first-order valence-corrected chi connectivity index (χ1v) is 8.34. The van der Waals surface area contributed by atoms with E-state index in [1.807, 2.05) is 0 Å². The monoisotopic (exact) mass is 282 g/mol. The summed E-state index contributed by atoms with van der Waals surface area (Å²) in [5, 5.41) is -0.607. The standard InChI is InChI=1S/C13H18N2O3S/c1-15-8-14-7-12(15)13(16)9-5-10-3-2-4-11(6-9)19(10,17)18/h7-11H,2-6H2,1H3. The van der Waals surface area contributed by atoms with Gasteiger partial charge in [-0.2, -0.15) is 0 Å². The van der Waals surface area contributed by atoms with Crippen LogP contribution in [0.2, 0.25) is 0 Å². The number of hydrogen-bond acceptors (Lipinski definition) is 4. The van der Waals surface area contributed by atoms with Crippen LogP contribution in [-0.4, -0.2) is 34.3 Å². The van der Waals surface area contributed by atoms with Crippen LogP contribution in [0.3, 0.4) is 0 Å². The molecule has 3 rings (SSSR count). The summed E-state index contributed by atoms with van der Waals surface area (Å²) < 4.78 is 26.1. The SMILES string of the molecule is Cn1cncc1C(=O)C1CC2CCCC(C1)S2(=O)=O. The van der Waals surface area contributed by atoms with Gasteiger partial charge < -0.3 is 4.57 Å². The van der Waals surface area contributed by atoms with E-state index in [2.05, 4.69) is 4.98 Å². The third-order valence-electron chi connectivity index (χ3n) is 4.52. The molecule has 2 fully saturated rings. The summed E-state index contributed by atoms with van der Waals surface area (Å²) >= 11 is 0. The average molecular weight is 282 g/mol. The third-order valence-corrected chi connectivity index (χ3v) is 7.23. The molecule has 2 aliphatic rings. The third kappa shape index (κ3) is 2.02. The van der Waals surface area contributed by atoms with E-state index in [0.29, 0.717) is 31.4 Å². The van der Waals surface area contributed by atoms with Gasteiger partial charge in [-0.05, 0) is 25.7 Å². The summed E-state index contributed by atoms with van der Waals surface area (Å²) in [6.07, 6.45) is 6.56. The fourth-order valence-corrected chi connectivity index (χ4v) is 5.96. The number of nitrogens with zero attached hydrogens (tertiary/aromatic N) is 2. The highest BCUT2D eigenvalue weighted by atomic mass is 32.2. The van der Waals surface area contributed by atoms with Gasteiger partial charge in [-0.1, -0.05) is 6.42 Å². The Bertz CT molecular complexity index is 585. The second-order valence-electron chi connectivity index (χ2n) is 5.69. The Morgan fingerprint density at radius 3 is 2.47 bits per heavy atom. The maximum Gasteiger partial charge on any atom is 0.183 e. The van der Waals surface area contributed by atoms with Crippen LogP contribution in [0.4, 0.5) is 0 Å². The Morgan fingerprint density at radius 1 is 1.32 bits per heavy atom. The van der Waals surface area contributed by atoms with Crippen LogP contribution < -0.4 is 0 Å². The van der Waals surface area contributed by atoms with Crippen molar-refractivity contribution in [3.05, 3.63) is 18.2 Å². The van der Waals surface area contributed by atoms with Gasteiger partial charge in [0.1, 0.15) is 5.69 Å². The zero-order valence-electron chi connectivity index (χ0n) is 10.9. The van der Waals surface area contributed by atoms with Gasteiger partial charge >= 0.3 is 0 Å². The molecule has 2 saturated heterocycles. The van der Waals surface area contributed by atoms with Crippen molar-refractivity contribution in [2.45, 2.75) is 42.6 Å². The van der Waals surface area contributed by atoms with Crippen molar-refractivity contribution in [1.82, 2.24) is 9.55 Å². The van der Waals surface area contributed by atoms with Gasteiger partial charge in [0.15, 0.2) is 15.6 Å². The lowest BCUT2D eigenvalue weighted by molar-refractivity contribution is 0.0885. The van der Waals surface area contributed by atoms with Gasteiger partial charge in [0.25, 0.3) is 0 Å². The second-order valence-corrected chi connectivity index (χ2v) is 8.20. The van der Waals surface area contributed by atoms with Crippen LogP contribution in [0.1, 0.15) is 42.6 Å². The predicted octanol–water partition coefficient (Wildman–Crippen LogP) is 1.35. The summed E-state index contributed by atoms with van der Waals surface area (Å²) in [7, 11) is -1.19. The number of imidazole rings is 1. The normalized spacial score (nSPS) is 33.0. The molecule has 19 heavy (non-hydrogen) atoms. The summed E-state index contributed by atoms with van der Waals surface area (Å²) in [5.74, 6) is -0.110. The predicted molar refractivity (Wildman–Crippen MR) is 70.6 cm³/mol. The van der Waals surface area contributed by atoms with E-state index in [1.54, 1.807) is 24.1 Å². The summed E-state index contributed by atoms with van der Waals surface area (Å²) in [6.45, 7) is 0. The number of carbonyl (C=O) groups is 1. The van der Waals surface area contributed by atoms with E-state index in [1.165, 1.54) is 0 Å². The number of aryl methyl sites for hydroxylation is 1. The van der Waals surface area contributed by atoms with Crippen LogP contribution in [0, 0.1) is 5.92 Å². The topological polar surface area (TPSA) is 69.0 Å². The van der Waals surface area contributed by atoms with Gasteiger partial charge in [0, 0.05) is 13.0 Å². The second kappa shape index (κ2) is 4.44. The first kappa shape index (κ1) is 12.8. The number of Topliss-reactive ketones (excluding diaryl/α,β-unsaturated/α-hetero) is 1. The minimum Gasteiger partial charge on any atom is -0.331 e. The Labute approximate surface area is 112 Å². The van der Waals surface area contributed by atoms with E-state index in [-0.39, 0.29) is 22.2 Å². The molecule has 2 aliphatic heterocycles. The molecular weight excluding hydrogens is 264 g/mol. The molecular formula is C13H18N2O3S. The molecule has 104 valence electrons. The fraction of sp³-hybridized carbons (Fsp3) is 0.692. The molecule has 0 aromatic carbocycles. The molecule has 0 N–H and O–H groups in total. The van der Waals surface area contributed by atoms with Crippen molar-refractivity contribution in [3.63, 3.8) is 0 Å². The first-order chi connectivity index (χ1) is 9.00. The lowest BCUT2D eigenvalue weighted by atomic mass is 9.86. The van der Waals surface area contributed by atoms with Crippen molar-refractivity contribution >= 4 is 15.6 Å². The summed E-state index contributed by atoms with van der Waals surface area (Å²) in [4.78, 5) is 16.4. The van der Waals surface area contributed by atoms with E-state index in [0.717, 1.165) is 6.42 Å². The van der Waals surface area contributed by atoms with E-state index < -0.39 is 9.84 Å². The van der Waals surface area contributed by atoms with E-state index >= 15 is 0 Å². The molecule has 2 atom stereocenters. The van der Waals surface area contributed by atoms with Gasteiger partial charge in [0.2, 0.25) is 0 Å². The Balaban J connectivity index is 1.86. The van der Waals surface area contributed by atoms with E-state index in [4.69, 9.17) is 0 Å². The molecule has 0 aliphatic carbocycles. The number of ketones is 1. The van der Waals surface area contributed by atoms with Crippen molar-refractivity contribution < 1.29 is 13.2 Å². The number of sulfone groups is 1. The molecule has 2 unspecified atom stereocenters. The highest BCUT2D eigenvalue weighted by Gasteiger charge is 2.46. The van der Waals surface area contributed by atoms with Crippen molar-refractivity contribution in [2.24, 2.45) is 13.0 Å². The Kier molecular flexibility index (Phi) is 3.00. The molecule has 0 radical (unpaired) electrons. The Morgan fingerprint density at radius 2 is 1.95 bits per heavy atom. The summed E-state index contributed by atoms with van der Waals surface area (Å²) in [5.41, 5.74) is 0.586. The Hall–Kier alpha value is -1.17. The molecule has 0 spiro atoms. The molecule has 1 aromatic rings. The van der Waals surface area contributed by atoms with Gasteiger partial charge in [-0.25, -0.2) is 13.4 Å². The lowest BCUT2D eigenvalue weighted by Gasteiger charge is -2.38. The maximum atomic E-state index is 12.5. The number of carbonyl (C=O) groups excluding carboxylic acids is 1. The quantitative estimate of drug-likeness (QED) is 0.768. The molecule has 5 nitrogen and oxygen atoms in total. The number of hydrogen-bond donors (Lipinski definition) is 0. The van der Waals surface area contributed by atoms with E-state index in [9.17, 15) is 13.2 Å². The van der Waals surface area contributed by atoms with Crippen LogP contribution in [-0.2, 0) is 16.9 Å².